The summed E-state index contributed by atoms with van der Waals surface area (Å²) >= 11 is 6.77. The first-order valence-corrected chi connectivity index (χ1v) is 31.1. The highest BCUT2D eigenvalue weighted by Crippen LogP contribution is 2.57. The second-order valence-corrected chi connectivity index (χ2v) is 25.6. The van der Waals surface area contributed by atoms with Crippen LogP contribution >= 0.6 is 18.9 Å². The minimum absolute atomic E-state index is 0.0849. The molecule has 5 aromatic carbocycles. The van der Waals surface area contributed by atoms with Crippen LogP contribution in [0.4, 0.5) is 45.2 Å². The van der Waals surface area contributed by atoms with Crippen molar-refractivity contribution in [3.8, 4) is 16.9 Å². The van der Waals surface area contributed by atoms with Crippen LogP contribution in [-0.4, -0.2) is 65.5 Å². The zero-order valence-corrected chi connectivity index (χ0v) is 49.0. The average molecular weight is 1220 g/mol. The number of unbranched alkanes of at least 4 members (excludes halogenated alkanes) is 12. The molecule has 20 heteroatoms. The molecule has 7 rings (SSSR count). The maximum atomic E-state index is 13.9. The summed E-state index contributed by atoms with van der Waals surface area (Å²) in [4.78, 5) is 56.4. The summed E-state index contributed by atoms with van der Waals surface area (Å²) in [6, 6.07) is 23.4. The van der Waals surface area contributed by atoms with E-state index in [-0.39, 0.29) is 61.3 Å². The van der Waals surface area contributed by atoms with E-state index in [1.165, 1.54) is 99.9 Å². The van der Waals surface area contributed by atoms with E-state index in [9.17, 15) is 58.7 Å². The van der Waals surface area contributed by atoms with Crippen LogP contribution in [0.3, 0.4) is 0 Å². The van der Waals surface area contributed by atoms with Gasteiger partial charge >= 0.3 is 24.2 Å². The summed E-state index contributed by atoms with van der Waals surface area (Å²) in [5.74, 6) is -0.388. The van der Waals surface area contributed by atoms with Gasteiger partial charge in [-0.3, -0.25) is 14.4 Å². The Morgan fingerprint density at radius 2 is 1.13 bits per heavy atom. The fourth-order valence-electron chi connectivity index (χ4n) is 10.9. The lowest BCUT2D eigenvalue weighted by molar-refractivity contribution is -0.147. The topological polar surface area (TPSA) is 109 Å². The number of carbonyl (C=O) groups is 3. The molecule has 3 amide bonds. The largest absolute Gasteiger partial charge is 0.481 e. The first-order valence-electron chi connectivity index (χ1n) is 28.7. The van der Waals surface area contributed by atoms with Gasteiger partial charge in [-0.1, -0.05) is 88.8 Å². The van der Waals surface area contributed by atoms with E-state index in [1.54, 1.807) is 54.0 Å². The van der Waals surface area contributed by atoms with E-state index in [4.69, 9.17) is 20.8 Å². The van der Waals surface area contributed by atoms with Gasteiger partial charge in [-0.15, -0.1) is 0 Å². The molecule has 1 N–H and O–H groups in total. The minimum Gasteiger partial charge on any atom is -0.481 e. The molecule has 1 aliphatic heterocycles. The third kappa shape index (κ3) is 17.2. The number of benzene rings is 5. The molecular formula is C64H71ClF9N3O6P+. The first-order chi connectivity index (χ1) is 39.9. The predicted octanol–water partition coefficient (Wildman–Crippen LogP) is 16.2. The summed E-state index contributed by atoms with van der Waals surface area (Å²) in [7, 11) is -3.23. The number of hydrogen-bond acceptors (Lipinski definition) is 6. The Bertz CT molecular complexity index is 3080. The first kappa shape index (κ1) is 65.2. The second kappa shape index (κ2) is 29.1. The summed E-state index contributed by atoms with van der Waals surface area (Å²) in [5, 5.41) is 4.75. The number of hydrogen-bond donors (Lipinski definition) is 1. The highest BCUT2D eigenvalue weighted by molar-refractivity contribution is 7.95. The van der Waals surface area contributed by atoms with Crippen LogP contribution in [-0.2, 0) is 32.9 Å². The standard InChI is InChI=1S/C64H70ClF9N3O6P/c1-4-5-6-7-8-9-10-11-12-13-15-18-58(78)75-48-26-34-53(56(65)39-48)55-41-60(80)83-57-40-49(27-35-54(55)57)82-44(3)61(81)77-37-36-76(42-43(77)2)59(79)19-16-14-17-38-84(50-28-20-45(21-29-50)62(66,67)68,51-30-22-46(23-31-51)63(69,70)71)52-32-24-47(25-33-52)64(72,73)74/h20-35,39-41,43-44H,4-19,36-38,42H2,1-3H3/p+1/t43-,44+/m0/s1. The Kier molecular flexibility index (Phi) is 22.6. The normalized spacial score (nSPS) is 14.7. The number of anilines is 1. The van der Waals surface area contributed by atoms with Crippen LogP contribution in [0.2, 0.25) is 5.02 Å². The molecule has 0 spiro atoms. The number of rotatable bonds is 26. The third-order valence-electron chi connectivity index (χ3n) is 15.5. The fourth-order valence-corrected chi connectivity index (χ4v) is 15.6. The molecule has 0 radical (unpaired) electrons. The highest BCUT2D eigenvalue weighted by Gasteiger charge is 2.47. The molecule has 2 heterocycles. The van der Waals surface area contributed by atoms with Crippen LogP contribution in [0.1, 0.15) is 140 Å². The van der Waals surface area contributed by atoms with E-state index >= 15 is 0 Å². The number of fused-ring (bicyclic) bond motifs is 1. The van der Waals surface area contributed by atoms with Gasteiger partial charge in [0.2, 0.25) is 11.8 Å². The van der Waals surface area contributed by atoms with Gasteiger partial charge in [-0.05, 0) is 137 Å². The van der Waals surface area contributed by atoms with Crippen molar-refractivity contribution < 1.29 is 63.1 Å². The lowest BCUT2D eigenvalue weighted by Gasteiger charge is -2.40. The van der Waals surface area contributed by atoms with Gasteiger partial charge in [0.25, 0.3) is 5.91 Å². The fraction of sp³-hybridized carbons (Fsp3) is 0.438. The van der Waals surface area contributed by atoms with Gasteiger partial charge in [0.15, 0.2) is 6.10 Å². The zero-order valence-electron chi connectivity index (χ0n) is 47.3. The monoisotopic (exact) mass is 1210 g/mol. The van der Waals surface area contributed by atoms with Crippen LogP contribution in [0.25, 0.3) is 22.1 Å². The van der Waals surface area contributed by atoms with Crippen LogP contribution in [0, 0.1) is 0 Å². The molecule has 0 unspecified atom stereocenters. The Morgan fingerprint density at radius 1 is 0.631 bits per heavy atom. The molecule has 9 nitrogen and oxygen atoms in total. The summed E-state index contributed by atoms with van der Waals surface area (Å²) < 4.78 is 135. The van der Waals surface area contributed by atoms with Gasteiger partial charge < -0.3 is 24.3 Å². The van der Waals surface area contributed by atoms with Gasteiger partial charge in [0, 0.05) is 72.9 Å². The van der Waals surface area contributed by atoms with Crippen LogP contribution < -0.4 is 31.6 Å². The number of halogens is 10. The molecule has 1 aliphatic rings. The van der Waals surface area contributed by atoms with E-state index in [1.807, 2.05) is 0 Å². The van der Waals surface area contributed by atoms with Gasteiger partial charge in [0.05, 0.1) is 27.9 Å². The maximum absolute atomic E-state index is 13.9. The molecule has 1 saturated heterocycles. The number of amides is 3. The molecule has 1 fully saturated rings. The van der Waals surface area contributed by atoms with Crippen molar-refractivity contribution in [3.05, 3.63) is 147 Å². The summed E-state index contributed by atoms with van der Waals surface area (Å²) in [6.07, 6.45) is -0.393. The third-order valence-corrected chi connectivity index (χ3v) is 20.3. The number of ether oxygens (including phenoxy) is 1. The number of piperazine rings is 1. The van der Waals surface area contributed by atoms with Crippen molar-refractivity contribution in [2.75, 3.05) is 31.1 Å². The van der Waals surface area contributed by atoms with Crippen molar-refractivity contribution in [1.82, 2.24) is 9.80 Å². The summed E-state index contributed by atoms with van der Waals surface area (Å²) in [5.41, 5.74) is -1.81. The van der Waals surface area contributed by atoms with Crippen molar-refractivity contribution in [3.63, 3.8) is 0 Å². The molecule has 6 aromatic rings. The lowest BCUT2D eigenvalue weighted by atomic mass is 10.0. The number of alkyl halides is 9. The Morgan fingerprint density at radius 3 is 1.63 bits per heavy atom. The minimum atomic E-state index is -4.71. The molecule has 0 saturated carbocycles. The van der Waals surface area contributed by atoms with Crippen molar-refractivity contribution in [2.24, 2.45) is 0 Å². The Labute approximate surface area is 489 Å². The van der Waals surface area contributed by atoms with Crippen LogP contribution in [0.5, 0.6) is 5.75 Å². The Hall–Kier alpha value is -6.39. The van der Waals surface area contributed by atoms with Crippen molar-refractivity contribution in [2.45, 2.75) is 154 Å². The Balaban J connectivity index is 0.926. The molecule has 1 aromatic heterocycles. The lowest BCUT2D eigenvalue weighted by Crippen LogP contribution is -2.57. The molecule has 0 aliphatic carbocycles. The van der Waals surface area contributed by atoms with E-state index in [0.717, 1.165) is 55.7 Å². The van der Waals surface area contributed by atoms with E-state index in [0.29, 0.717) is 68.8 Å². The zero-order chi connectivity index (χ0) is 60.8. The molecule has 2 atom stereocenters. The number of nitrogens with zero attached hydrogens (tertiary/aromatic N) is 2. The number of nitrogens with one attached hydrogen (secondary N) is 1. The second-order valence-electron chi connectivity index (χ2n) is 21.6. The summed E-state index contributed by atoms with van der Waals surface area (Å²) in [6.45, 7) is 6.22. The molecule has 84 heavy (non-hydrogen) atoms. The average Bonchev–Trinajstić information content (AvgIpc) is 1.22. The SMILES string of the molecule is CCCCCCCCCCCCCC(=O)Nc1ccc(-c2cc(=O)oc3cc(O[C@H](C)C(=O)N4CCN(C(=O)CCCCC[P+](c5ccc(C(F)(F)F)cc5)(c5ccc(C(F)(F)F)cc5)c5ccc(C(F)(F)F)cc5)C[C@@H]4C)ccc23)c(Cl)c1. The predicted molar refractivity (Wildman–Crippen MR) is 314 cm³/mol. The molecule has 452 valence electrons. The van der Waals surface area contributed by atoms with Crippen molar-refractivity contribution >= 4 is 69.2 Å². The number of carbonyl (C=O) groups excluding carboxylic acids is 3. The quantitative estimate of drug-likeness (QED) is 0.0251. The molecular weight excluding hydrogens is 1140 g/mol. The van der Waals surface area contributed by atoms with Crippen LogP contribution in [0.15, 0.2) is 124 Å². The smallest absolute Gasteiger partial charge is 0.416 e. The van der Waals surface area contributed by atoms with Gasteiger partial charge in [-0.25, -0.2) is 4.79 Å². The van der Waals surface area contributed by atoms with Gasteiger partial charge in [0.1, 0.15) is 34.5 Å². The van der Waals surface area contributed by atoms with E-state index < -0.39 is 60.3 Å². The highest BCUT2D eigenvalue weighted by atomic mass is 35.5. The van der Waals surface area contributed by atoms with Gasteiger partial charge in [-0.2, -0.15) is 39.5 Å². The van der Waals surface area contributed by atoms with Crippen molar-refractivity contribution in [1.29, 1.82) is 0 Å². The molecule has 0 bridgehead atoms. The van der Waals surface area contributed by atoms with E-state index in [2.05, 4.69) is 12.2 Å². The maximum Gasteiger partial charge on any atom is 0.416 e.